The number of carbonyl (C=O) groups is 2. The Kier molecular flexibility index (Phi) is 4.92. The molecule has 1 aromatic carbocycles. The summed E-state index contributed by atoms with van der Waals surface area (Å²) in [6.45, 7) is 1.18. The number of carbonyl (C=O) groups excluding carboxylic acids is 1. The van der Waals surface area contributed by atoms with Crippen LogP contribution in [0.3, 0.4) is 0 Å². The van der Waals surface area contributed by atoms with E-state index in [1.165, 1.54) is 6.07 Å². The van der Waals surface area contributed by atoms with Gasteiger partial charge in [-0.05, 0) is 24.6 Å². The van der Waals surface area contributed by atoms with Crippen LogP contribution in [-0.2, 0) is 6.54 Å². The standard InChI is InChI=1S/C14H16N4O3/c19-13(20)11-5-1-2-6-12(11)17-14(21)15-7-3-9-18-10-4-8-16-18/h1-2,4-6,8,10H,3,7,9H2,(H,19,20)(H2,15,17,21). The highest BCUT2D eigenvalue weighted by Gasteiger charge is 2.10. The van der Waals surface area contributed by atoms with E-state index in [0.717, 1.165) is 6.42 Å². The minimum Gasteiger partial charge on any atom is -0.478 e. The number of aromatic carboxylic acids is 1. The summed E-state index contributed by atoms with van der Waals surface area (Å²) >= 11 is 0. The molecule has 1 aromatic heterocycles. The maximum absolute atomic E-state index is 11.7. The fraction of sp³-hybridized carbons (Fsp3) is 0.214. The van der Waals surface area contributed by atoms with Crippen molar-refractivity contribution in [2.75, 3.05) is 11.9 Å². The molecule has 3 N–H and O–H groups in total. The lowest BCUT2D eigenvalue weighted by atomic mass is 10.2. The molecule has 0 spiro atoms. The SMILES string of the molecule is O=C(NCCCn1cccn1)Nc1ccccc1C(=O)O. The minimum absolute atomic E-state index is 0.0594. The number of aromatic nitrogens is 2. The molecule has 0 aliphatic rings. The molecule has 0 bridgehead atoms. The number of benzene rings is 1. The second kappa shape index (κ2) is 7.09. The van der Waals surface area contributed by atoms with Gasteiger partial charge in [-0.3, -0.25) is 4.68 Å². The third kappa shape index (κ3) is 4.34. The molecule has 7 heteroatoms. The fourth-order valence-corrected chi connectivity index (χ4v) is 1.82. The van der Waals surface area contributed by atoms with Gasteiger partial charge in [0.25, 0.3) is 0 Å². The lowest BCUT2D eigenvalue weighted by Gasteiger charge is -2.09. The molecule has 110 valence electrons. The molecule has 0 saturated heterocycles. The summed E-state index contributed by atoms with van der Waals surface area (Å²) in [5.74, 6) is -1.08. The summed E-state index contributed by atoms with van der Waals surface area (Å²) < 4.78 is 1.78. The zero-order valence-electron chi connectivity index (χ0n) is 11.3. The van der Waals surface area contributed by atoms with Gasteiger partial charge in [-0.2, -0.15) is 5.10 Å². The largest absolute Gasteiger partial charge is 0.478 e. The van der Waals surface area contributed by atoms with Crippen LogP contribution in [0.4, 0.5) is 10.5 Å². The topological polar surface area (TPSA) is 96.3 Å². The van der Waals surface area contributed by atoms with Crippen molar-refractivity contribution in [2.24, 2.45) is 0 Å². The van der Waals surface area contributed by atoms with Crippen LogP contribution in [0.15, 0.2) is 42.7 Å². The zero-order valence-corrected chi connectivity index (χ0v) is 11.3. The van der Waals surface area contributed by atoms with Gasteiger partial charge in [-0.25, -0.2) is 9.59 Å². The van der Waals surface area contributed by atoms with Crippen molar-refractivity contribution < 1.29 is 14.7 Å². The number of nitrogens with zero attached hydrogens (tertiary/aromatic N) is 2. The number of carboxylic acid groups (broad SMARTS) is 1. The molecule has 21 heavy (non-hydrogen) atoms. The first-order valence-corrected chi connectivity index (χ1v) is 6.51. The molecule has 1 heterocycles. The van der Waals surface area contributed by atoms with Crippen molar-refractivity contribution in [3.63, 3.8) is 0 Å². The minimum atomic E-state index is -1.08. The molecule has 0 fully saturated rings. The molecule has 0 radical (unpaired) electrons. The maximum Gasteiger partial charge on any atom is 0.337 e. The van der Waals surface area contributed by atoms with Crippen molar-refractivity contribution in [3.05, 3.63) is 48.3 Å². The number of para-hydroxylation sites is 1. The van der Waals surface area contributed by atoms with Gasteiger partial charge in [-0.1, -0.05) is 12.1 Å². The third-order valence-electron chi connectivity index (χ3n) is 2.81. The van der Waals surface area contributed by atoms with Gasteiger partial charge >= 0.3 is 12.0 Å². The van der Waals surface area contributed by atoms with Gasteiger partial charge in [0.15, 0.2) is 0 Å². The third-order valence-corrected chi connectivity index (χ3v) is 2.81. The van der Waals surface area contributed by atoms with Gasteiger partial charge in [0.05, 0.1) is 11.3 Å². The maximum atomic E-state index is 11.7. The summed E-state index contributed by atoms with van der Waals surface area (Å²) in [7, 11) is 0. The Morgan fingerprint density at radius 3 is 2.76 bits per heavy atom. The molecular formula is C14H16N4O3. The normalized spacial score (nSPS) is 10.1. The molecule has 2 amide bonds. The molecule has 0 saturated carbocycles. The Morgan fingerprint density at radius 1 is 1.24 bits per heavy atom. The van der Waals surface area contributed by atoms with Gasteiger partial charge in [-0.15, -0.1) is 0 Å². The fourth-order valence-electron chi connectivity index (χ4n) is 1.82. The Bertz CT molecular complexity index is 610. The predicted octanol–water partition coefficient (Wildman–Crippen LogP) is 1.79. The van der Waals surface area contributed by atoms with Crippen LogP contribution in [-0.4, -0.2) is 33.4 Å². The zero-order chi connectivity index (χ0) is 15.1. The molecule has 2 rings (SSSR count). The highest BCUT2D eigenvalue weighted by molar-refractivity contribution is 5.99. The predicted molar refractivity (Wildman–Crippen MR) is 77.3 cm³/mol. The Labute approximate surface area is 121 Å². The highest BCUT2D eigenvalue weighted by Crippen LogP contribution is 2.14. The average molecular weight is 288 g/mol. The van der Waals surface area contributed by atoms with E-state index in [9.17, 15) is 9.59 Å². The van der Waals surface area contributed by atoms with Crippen molar-refractivity contribution in [1.29, 1.82) is 0 Å². The number of nitrogens with one attached hydrogen (secondary N) is 2. The lowest BCUT2D eigenvalue weighted by Crippen LogP contribution is -2.30. The number of hydrogen-bond acceptors (Lipinski definition) is 3. The van der Waals surface area contributed by atoms with Crippen molar-refractivity contribution in [2.45, 2.75) is 13.0 Å². The summed E-state index contributed by atoms with van der Waals surface area (Å²) in [4.78, 5) is 22.7. The Hall–Kier alpha value is -2.83. The molecule has 0 aliphatic carbocycles. The van der Waals surface area contributed by atoms with Crippen LogP contribution < -0.4 is 10.6 Å². The van der Waals surface area contributed by atoms with Crippen LogP contribution in [0.1, 0.15) is 16.8 Å². The van der Waals surface area contributed by atoms with E-state index in [4.69, 9.17) is 5.11 Å². The molecular weight excluding hydrogens is 272 g/mol. The Morgan fingerprint density at radius 2 is 2.05 bits per heavy atom. The molecule has 7 nitrogen and oxygen atoms in total. The van der Waals surface area contributed by atoms with Gasteiger partial charge < -0.3 is 15.7 Å². The number of aryl methyl sites for hydroxylation is 1. The summed E-state index contributed by atoms with van der Waals surface area (Å²) in [5, 5.41) is 18.3. The van der Waals surface area contributed by atoms with E-state index < -0.39 is 12.0 Å². The van der Waals surface area contributed by atoms with Crippen LogP contribution in [0.25, 0.3) is 0 Å². The smallest absolute Gasteiger partial charge is 0.337 e. The van der Waals surface area contributed by atoms with Crippen LogP contribution >= 0.6 is 0 Å². The number of anilines is 1. The lowest BCUT2D eigenvalue weighted by molar-refractivity contribution is 0.0698. The van der Waals surface area contributed by atoms with E-state index in [0.29, 0.717) is 13.1 Å². The van der Waals surface area contributed by atoms with Gasteiger partial charge in [0, 0.05) is 25.5 Å². The van der Waals surface area contributed by atoms with E-state index >= 15 is 0 Å². The number of rotatable bonds is 6. The summed E-state index contributed by atoms with van der Waals surface area (Å²) in [6.07, 6.45) is 4.28. The van der Waals surface area contributed by atoms with E-state index in [-0.39, 0.29) is 11.3 Å². The van der Waals surface area contributed by atoms with Gasteiger partial charge in [0.1, 0.15) is 0 Å². The highest BCUT2D eigenvalue weighted by atomic mass is 16.4. The number of carboxylic acids is 1. The summed E-state index contributed by atoms with van der Waals surface area (Å²) in [5.41, 5.74) is 0.332. The molecule has 2 aromatic rings. The molecule has 0 aliphatic heterocycles. The van der Waals surface area contributed by atoms with Crippen LogP contribution in [0, 0.1) is 0 Å². The first-order valence-electron chi connectivity index (χ1n) is 6.51. The number of hydrogen-bond donors (Lipinski definition) is 3. The van der Waals surface area contributed by atoms with Gasteiger partial charge in [0.2, 0.25) is 0 Å². The molecule has 0 unspecified atom stereocenters. The van der Waals surface area contributed by atoms with Crippen molar-refractivity contribution in [3.8, 4) is 0 Å². The number of urea groups is 1. The first kappa shape index (κ1) is 14.6. The monoisotopic (exact) mass is 288 g/mol. The molecule has 0 atom stereocenters. The van der Waals surface area contributed by atoms with Crippen LogP contribution in [0.2, 0.25) is 0 Å². The average Bonchev–Trinajstić information content (AvgIpc) is 2.97. The van der Waals surface area contributed by atoms with Crippen molar-refractivity contribution >= 4 is 17.7 Å². The van der Waals surface area contributed by atoms with Crippen LogP contribution in [0.5, 0.6) is 0 Å². The Balaban J connectivity index is 1.78. The second-order valence-electron chi connectivity index (χ2n) is 4.35. The second-order valence-corrected chi connectivity index (χ2v) is 4.35. The number of amides is 2. The van der Waals surface area contributed by atoms with E-state index in [1.807, 2.05) is 12.3 Å². The van der Waals surface area contributed by atoms with E-state index in [2.05, 4.69) is 15.7 Å². The van der Waals surface area contributed by atoms with E-state index in [1.54, 1.807) is 29.1 Å². The quantitative estimate of drug-likeness (QED) is 0.706. The van der Waals surface area contributed by atoms with Crippen molar-refractivity contribution in [1.82, 2.24) is 15.1 Å². The summed E-state index contributed by atoms with van der Waals surface area (Å²) in [6, 6.07) is 7.67. The first-order chi connectivity index (χ1) is 10.2.